The standard InChI is InChI=1S/C17H19N3O/c1-12(19-21)16-8-14-7-15(9-18)17(16)20(11-14)10-13-5-3-2-4-6-13/h2-7,14,16-17,21H,8,10-11H2,1H3/b19-12+/t14-,16-,17-/m1/s1. The average molecular weight is 281 g/mol. The second-order valence-corrected chi connectivity index (χ2v) is 5.94. The highest BCUT2D eigenvalue weighted by Gasteiger charge is 2.43. The van der Waals surface area contributed by atoms with Crippen molar-refractivity contribution in [2.75, 3.05) is 6.54 Å². The number of rotatable bonds is 3. The third kappa shape index (κ3) is 2.57. The summed E-state index contributed by atoms with van der Waals surface area (Å²) < 4.78 is 0. The van der Waals surface area contributed by atoms with Crippen LogP contribution in [0.2, 0.25) is 0 Å². The lowest BCUT2D eigenvalue weighted by Gasteiger charge is -2.47. The zero-order valence-corrected chi connectivity index (χ0v) is 12.1. The molecule has 3 atom stereocenters. The minimum Gasteiger partial charge on any atom is -0.411 e. The van der Waals surface area contributed by atoms with Crippen LogP contribution in [0.1, 0.15) is 18.9 Å². The van der Waals surface area contributed by atoms with Crippen LogP contribution in [-0.2, 0) is 6.54 Å². The number of nitrogens with zero attached hydrogens (tertiary/aromatic N) is 3. The summed E-state index contributed by atoms with van der Waals surface area (Å²) in [5.74, 6) is 0.507. The van der Waals surface area contributed by atoms with Gasteiger partial charge in [-0.3, -0.25) is 4.90 Å². The molecule has 0 unspecified atom stereocenters. The van der Waals surface area contributed by atoms with E-state index < -0.39 is 0 Å². The van der Waals surface area contributed by atoms with E-state index in [0.717, 1.165) is 30.8 Å². The Bertz CT molecular complexity index is 615. The molecular formula is C17H19N3O. The molecule has 1 aliphatic carbocycles. The number of nitriles is 1. The highest BCUT2D eigenvalue weighted by molar-refractivity contribution is 5.85. The maximum absolute atomic E-state index is 9.42. The number of fused-ring (bicyclic) bond motifs is 2. The smallest absolute Gasteiger partial charge is 0.0960 e. The van der Waals surface area contributed by atoms with Gasteiger partial charge in [0.1, 0.15) is 0 Å². The molecule has 0 saturated carbocycles. The van der Waals surface area contributed by atoms with E-state index in [2.05, 4.69) is 34.3 Å². The Morgan fingerprint density at radius 1 is 1.43 bits per heavy atom. The molecule has 1 saturated heterocycles. The van der Waals surface area contributed by atoms with Crippen LogP contribution >= 0.6 is 0 Å². The molecule has 1 fully saturated rings. The van der Waals surface area contributed by atoms with Gasteiger partial charge in [0.05, 0.1) is 17.8 Å². The van der Waals surface area contributed by atoms with Crippen LogP contribution in [0.5, 0.6) is 0 Å². The number of piperidine rings is 1. The number of oxime groups is 1. The van der Waals surface area contributed by atoms with Gasteiger partial charge in [-0.1, -0.05) is 41.6 Å². The van der Waals surface area contributed by atoms with Gasteiger partial charge in [0, 0.05) is 24.6 Å². The van der Waals surface area contributed by atoms with Gasteiger partial charge >= 0.3 is 0 Å². The fraction of sp³-hybridized carbons (Fsp3) is 0.412. The van der Waals surface area contributed by atoms with E-state index in [0.29, 0.717) is 5.92 Å². The van der Waals surface area contributed by atoms with E-state index in [1.54, 1.807) is 0 Å². The summed E-state index contributed by atoms with van der Waals surface area (Å²) in [5, 5.41) is 21.9. The molecule has 0 aromatic heterocycles. The predicted molar refractivity (Wildman–Crippen MR) is 80.8 cm³/mol. The van der Waals surface area contributed by atoms with E-state index in [1.165, 1.54) is 5.56 Å². The molecule has 2 bridgehead atoms. The quantitative estimate of drug-likeness (QED) is 0.526. The van der Waals surface area contributed by atoms with Crippen molar-refractivity contribution in [3.05, 3.63) is 47.5 Å². The fourth-order valence-corrected chi connectivity index (χ4v) is 3.64. The van der Waals surface area contributed by atoms with Crippen LogP contribution in [0.25, 0.3) is 0 Å². The molecule has 4 rings (SSSR count). The monoisotopic (exact) mass is 281 g/mol. The first-order chi connectivity index (χ1) is 10.2. The minimum atomic E-state index is 0.0381. The zero-order chi connectivity index (χ0) is 14.8. The topological polar surface area (TPSA) is 59.6 Å². The number of hydrogen-bond donors (Lipinski definition) is 1. The van der Waals surface area contributed by atoms with Gasteiger partial charge < -0.3 is 5.21 Å². The summed E-state index contributed by atoms with van der Waals surface area (Å²) in [4.78, 5) is 2.35. The summed E-state index contributed by atoms with van der Waals surface area (Å²) in [6, 6.07) is 12.7. The van der Waals surface area contributed by atoms with Crippen molar-refractivity contribution in [1.82, 2.24) is 4.90 Å². The lowest BCUT2D eigenvalue weighted by atomic mass is 9.72. The molecule has 2 heterocycles. The van der Waals surface area contributed by atoms with Crippen molar-refractivity contribution < 1.29 is 5.21 Å². The van der Waals surface area contributed by atoms with Crippen molar-refractivity contribution in [2.45, 2.75) is 25.9 Å². The summed E-state index contributed by atoms with van der Waals surface area (Å²) in [6.07, 6.45) is 3.07. The third-order valence-corrected chi connectivity index (χ3v) is 4.59. The van der Waals surface area contributed by atoms with Gasteiger partial charge in [-0.25, -0.2) is 0 Å². The second kappa shape index (κ2) is 5.71. The van der Waals surface area contributed by atoms with E-state index in [9.17, 15) is 5.26 Å². The minimum absolute atomic E-state index is 0.0381. The first-order valence-electron chi connectivity index (χ1n) is 7.31. The van der Waals surface area contributed by atoms with Crippen molar-refractivity contribution in [3.63, 3.8) is 0 Å². The van der Waals surface area contributed by atoms with Crippen molar-refractivity contribution in [2.24, 2.45) is 17.0 Å². The molecule has 2 aliphatic heterocycles. The normalized spacial score (nSPS) is 29.0. The lowest BCUT2D eigenvalue weighted by molar-refractivity contribution is 0.0965. The first kappa shape index (κ1) is 13.8. The van der Waals surface area contributed by atoms with Gasteiger partial charge in [0.2, 0.25) is 0 Å². The summed E-state index contributed by atoms with van der Waals surface area (Å²) >= 11 is 0. The molecule has 21 heavy (non-hydrogen) atoms. The van der Waals surface area contributed by atoms with Gasteiger partial charge in [-0.15, -0.1) is 0 Å². The molecule has 1 aromatic rings. The van der Waals surface area contributed by atoms with Crippen LogP contribution in [0.15, 0.2) is 47.1 Å². The van der Waals surface area contributed by atoms with Crippen LogP contribution in [0, 0.1) is 23.2 Å². The molecule has 3 aliphatic rings. The number of hydrogen-bond acceptors (Lipinski definition) is 4. The molecule has 4 nitrogen and oxygen atoms in total. The number of benzene rings is 1. The van der Waals surface area contributed by atoms with Crippen molar-refractivity contribution in [3.8, 4) is 6.07 Å². The molecule has 1 N–H and O–H groups in total. The summed E-state index contributed by atoms with van der Waals surface area (Å²) in [6.45, 7) is 3.65. The van der Waals surface area contributed by atoms with Gasteiger partial charge in [-0.05, 0) is 24.8 Å². The van der Waals surface area contributed by atoms with Crippen LogP contribution in [0.4, 0.5) is 0 Å². The Morgan fingerprint density at radius 2 is 2.19 bits per heavy atom. The third-order valence-electron chi connectivity index (χ3n) is 4.59. The van der Waals surface area contributed by atoms with Crippen molar-refractivity contribution in [1.29, 1.82) is 5.26 Å². The molecule has 0 amide bonds. The molecule has 108 valence electrons. The Kier molecular flexibility index (Phi) is 3.76. The summed E-state index contributed by atoms with van der Waals surface area (Å²) in [5.41, 5.74) is 2.80. The largest absolute Gasteiger partial charge is 0.411 e. The Hall–Kier alpha value is -2.12. The zero-order valence-electron chi connectivity index (χ0n) is 12.1. The van der Waals surface area contributed by atoms with E-state index in [4.69, 9.17) is 5.21 Å². The maximum atomic E-state index is 9.42. The Labute approximate surface area is 125 Å². The average Bonchev–Trinajstić information content (AvgIpc) is 2.54. The van der Waals surface area contributed by atoms with Gasteiger partial charge in [0.25, 0.3) is 0 Å². The molecular weight excluding hydrogens is 262 g/mol. The highest BCUT2D eigenvalue weighted by atomic mass is 16.4. The van der Waals surface area contributed by atoms with Crippen LogP contribution < -0.4 is 0 Å². The SMILES string of the molecule is C/C(=N\O)[C@H]1C[C@H]2C=C(C#N)[C@H]1N(Cc1ccccc1)C2. The van der Waals surface area contributed by atoms with E-state index in [1.807, 2.05) is 25.1 Å². The van der Waals surface area contributed by atoms with Gasteiger partial charge in [-0.2, -0.15) is 5.26 Å². The second-order valence-electron chi connectivity index (χ2n) is 5.94. The maximum Gasteiger partial charge on any atom is 0.0960 e. The first-order valence-corrected chi connectivity index (χ1v) is 7.31. The fourth-order valence-electron chi connectivity index (χ4n) is 3.64. The van der Waals surface area contributed by atoms with Crippen molar-refractivity contribution >= 4 is 5.71 Å². The molecule has 4 heteroatoms. The lowest BCUT2D eigenvalue weighted by Crippen LogP contribution is -2.54. The summed E-state index contributed by atoms with van der Waals surface area (Å²) in [7, 11) is 0. The van der Waals surface area contributed by atoms with E-state index in [-0.39, 0.29) is 12.0 Å². The Balaban J connectivity index is 1.89. The molecule has 0 spiro atoms. The predicted octanol–water partition coefficient (Wildman–Crippen LogP) is 2.81. The van der Waals surface area contributed by atoms with Crippen LogP contribution in [0.3, 0.4) is 0 Å². The van der Waals surface area contributed by atoms with E-state index >= 15 is 0 Å². The highest BCUT2D eigenvalue weighted by Crippen LogP contribution is 2.39. The molecule has 0 radical (unpaired) electrons. The molecule has 1 aromatic carbocycles. The van der Waals surface area contributed by atoms with Gasteiger partial charge in [0.15, 0.2) is 0 Å². The van der Waals surface area contributed by atoms with Crippen LogP contribution in [-0.4, -0.2) is 28.4 Å². The Morgan fingerprint density at radius 3 is 2.86 bits per heavy atom.